The van der Waals surface area contributed by atoms with Crippen molar-refractivity contribution in [3.63, 3.8) is 0 Å². The molecule has 0 aliphatic heterocycles. The summed E-state index contributed by atoms with van der Waals surface area (Å²) in [5.41, 5.74) is 3.14. The molecular weight excluding hydrogens is 576 g/mol. The fourth-order valence-electron chi connectivity index (χ4n) is 4.64. The number of benzene rings is 3. The molecular formula is C36H45ClN2O5. The predicted octanol–water partition coefficient (Wildman–Crippen LogP) is 8.30. The molecule has 3 aromatic rings. The van der Waals surface area contributed by atoms with E-state index in [9.17, 15) is 14.4 Å². The Morgan fingerprint density at radius 1 is 0.795 bits per heavy atom. The number of methoxy groups -OCH3 is 1. The second-order valence-electron chi connectivity index (χ2n) is 12.2. The van der Waals surface area contributed by atoms with E-state index in [0.717, 1.165) is 18.4 Å². The van der Waals surface area contributed by atoms with Gasteiger partial charge in [-0.15, -0.1) is 11.6 Å². The van der Waals surface area contributed by atoms with Crippen LogP contribution in [0.25, 0.3) is 0 Å². The maximum absolute atomic E-state index is 13.4. The summed E-state index contributed by atoms with van der Waals surface area (Å²) in [7, 11) is 1.48. The van der Waals surface area contributed by atoms with E-state index in [4.69, 9.17) is 21.1 Å². The van der Waals surface area contributed by atoms with Gasteiger partial charge in [0.05, 0.1) is 12.8 Å². The number of halogens is 1. The quantitative estimate of drug-likeness (QED) is 0.107. The highest BCUT2D eigenvalue weighted by molar-refractivity contribution is 6.45. The third-order valence-electron chi connectivity index (χ3n) is 8.43. The Labute approximate surface area is 266 Å². The standard InChI is InChI=1S/C36H45ClN2O5/c1-9-28(44-29-20-19-24(35(4,5)10-2)22-26(29)36(6,7)11-3)33(41)38-25-16-14-15-23(21-25)32(40)31(37)34(42)39-27-17-12-13-18-30(27)43-8/h12-22,28,31H,9-11H2,1-8H3,(H,38,41)(H,39,42). The molecule has 0 saturated carbocycles. The van der Waals surface area contributed by atoms with Crippen LogP contribution in [0, 0.1) is 0 Å². The lowest BCUT2D eigenvalue weighted by molar-refractivity contribution is -0.123. The van der Waals surface area contributed by atoms with E-state index in [-0.39, 0.29) is 22.3 Å². The number of carbonyl (C=O) groups excluding carboxylic acids is 3. The number of ketones is 1. The minimum Gasteiger partial charge on any atom is -0.495 e. The first-order valence-corrected chi connectivity index (χ1v) is 15.6. The Bertz CT molecular complexity index is 1480. The Balaban J connectivity index is 1.77. The molecule has 0 aliphatic rings. The number of para-hydroxylation sites is 2. The number of nitrogens with one attached hydrogen (secondary N) is 2. The molecule has 0 bridgehead atoms. The van der Waals surface area contributed by atoms with Crippen molar-refractivity contribution in [2.24, 2.45) is 0 Å². The maximum Gasteiger partial charge on any atom is 0.265 e. The molecule has 0 radical (unpaired) electrons. The normalized spacial score (nSPS) is 13.0. The summed E-state index contributed by atoms with van der Waals surface area (Å²) in [6.07, 6.45) is 1.57. The summed E-state index contributed by atoms with van der Waals surface area (Å²) in [4.78, 5) is 39.3. The highest BCUT2D eigenvalue weighted by atomic mass is 35.5. The highest BCUT2D eigenvalue weighted by Gasteiger charge is 2.30. The maximum atomic E-state index is 13.4. The van der Waals surface area contributed by atoms with Gasteiger partial charge in [0, 0.05) is 16.8 Å². The molecule has 2 N–H and O–H groups in total. The van der Waals surface area contributed by atoms with E-state index in [1.54, 1.807) is 42.5 Å². The van der Waals surface area contributed by atoms with Crippen LogP contribution in [-0.4, -0.2) is 36.2 Å². The second-order valence-corrected chi connectivity index (χ2v) is 12.6. The van der Waals surface area contributed by atoms with Gasteiger partial charge in [-0.2, -0.15) is 0 Å². The Hall–Kier alpha value is -3.84. The van der Waals surface area contributed by atoms with Crippen molar-refractivity contribution in [3.05, 3.63) is 83.4 Å². The first-order valence-electron chi connectivity index (χ1n) is 15.1. The number of amides is 2. The third kappa shape index (κ3) is 8.20. The molecule has 2 atom stereocenters. The van der Waals surface area contributed by atoms with E-state index in [1.807, 2.05) is 13.0 Å². The van der Waals surface area contributed by atoms with Gasteiger partial charge in [-0.1, -0.05) is 84.9 Å². The molecule has 236 valence electrons. The van der Waals surface area contributed by atoms with Gasteiger partial charge >= 0.3 is 0 Å². The molecule has 0 fully saturated rings. The molecule has 0 spiro atoms. The van der Waals surface area contributed by atoms with Gasteiger partial charge < -0.3 is 20.1 Å². The monoisotopic (exact) mass is 620 g/mol. The van der Waals surface area contributed by atoms with E-state index in [1.165, 1.54) is 18.7 Å². The zero-order valence-electron chi connectivity index (χ0n) is 27.0. The molecule has 7 nitrogen and oxygen atoms in total. The molecule has 0 heterocycles. The van der Waals surface area contributed by atoms with Crippen LogP contribution >= 0.6 is 11.6 Å². The zero-order chi connectivity index (χ0) is 32.7. The third-order valence-corrected chi connectivity index (χ3v) is 8.83. The van der Waals surface area contributed by atoms with E-state index < -0.39 is 23.2 Å². The Kier molecular flexibility index (Phi) is 11.6. The van der Waals surface area contributed by atoms with Gasteiger partial charge in [-0.25, -0.2) is 0 Å². The van der Waals surface area contributed by atoms with Gasteiger partial charge in [0.1, 0.15) is 11.5 Å². The van der Waals surface area contributed by atoms with Crippen LogP contribution in [0.15, 0.2) is 66.7 Å². The van der Waals surface area contributed by atoms with Crippen LogP contribution in [0.1, 0.15) is 89.2 Å². The lowest BCUT2D eigenvalue weighted by atomic mass is 9.76. The average Bonchev–Trinajstić information content (AvgIpc) is 3.02. The number of anilines is 2. The number of ether oxygens (including phenoxy) is 2. The Morgan fingerprint density at radius 3 is 2.11 bits per heavy atom. The van der Waals surface area contributed by atoms with Crippen molar-refractivity contribution >= 4 is 40.6 Å². The van der Waals surface area contributed by atoms with Crippen LogP contribution in [0.5, 0.6) is 11.5 Å². The van der Waals surface area contributed by atoms with E-state index in [2.05, 4.69) is 64.3 Å². The number of hydrogen-bond acceptors (Lipinski definition) is 5. The molecule has 0 aliphatic carbocycles. The lowest BCUT2D eigenvalue weighted by Gasteiger charge is -2.31. The molecule has 3 rings (SSSR count). The number of carbonyl (C=O) groups is 3. The van der Waals surface area contributed by atoms with E-state index >= 15 is 0 Å². The SMILES string of the molecule is CCC(Oc1ccc(C(C)(C)CC)cc1C(C)(C)CC)C(=O)Nc1cccc(C(=O)C(Cl)C(=O)Nc2ccccc2OC)c1. The van der Waals surface area contributed by atoms with Crippen LogP contribution in [0.4, 0.5) is 11.4 Å². The minimum absolute atomic E-state index is 0.0121. The smallest absolute Gasteiger partial charge is 0.265 e. The lowest BCUT2D eigenvalue weighted by Crippen LogP contribution is -2.33. The molecule has 2 unspecified atom stereocenters. The summed E-state index contributed by atoms with van der Waals surface area (Å²) in [5, 5.41) is 4.02. The number of hydrogen-bond donors (Lipinski definition) is 2. The summed E-state index contributed by atoms with van der Waals surface area (Å²) >= 11 is 6.29. The van der Waals surface area contributed by atoms with Gasteiger partial charge in [0.2, 0.25) is 0 Å². The van der Waals surface area contributed by atoms with Crippen molar-refractivity contribution < 1.29 is 23.9 Å². The molecule has 2 amide bonds. The minimum atomic E-state index is -1.49. The summed E-state index contributed by atoms with van der Waals surface area (Å²) in [6, 6.07) is 19.5. The van der Waals surface area contributed by atoms with E-state index in [0.29, 0.717) is 29.3 Å². The summed E-state index contributed by atoms with van der Waals surface area (Å²) < 4.78 is 11.6. The van der Waals surface area contributed by atoms with Crippen LogP contribution < -0.4 is 20.1 Å². The second kappa shape index (κ2) is 14.8. The highest BCUT2D eigenvalue weighted by Crippen LogP contribution is 2.39. The van der Waals surface area contributed by atoms with Gasteiger partial charge in [0.25, 0.3) is 11.8 Å². The van der Waals surface area contributed by atoms with Gasteiger partial charge in [-0.05, 0) is 66.0 Å². The van der Waals surface area contributed by atoms with Crippen molar-refractivity contribution in [2.45, 2.75) is 90.0 Å². The molecule has 8 heteroatoms. The van der Waals surface area contributed by atoms with Crippen LogP contribution in [0.3, 0.4) is 0 Å². The van der Waals surface area contributed by atoms with Crippen molar-refractivity contribution in [1.82, 2.24) is 0 Å². The first-order chi connectivity index (χ1) is 20.8. The number of alkyl halides is 1. The fraction of sp³-hybridized carbons (Fsp3) is 0.417. The summed E-state index contributed by atoms with van der Waals surface area (Å²) in [5.74, 6) is -0.494. The van der Waals surface area contributed by atoms with Crippen molar-refractivity contribution in [3.8, 4) is 11.5 Å². The molecule has 3 aromatic carbocycles. The molecule has 0 aromatic heterocycles. The van der Waals surface area contributed by atoms with Crippen LogP contribution in [0.2, 0.25) is 0 Å². The molecule has 0 saturated heterocycles. The molecule has 44 heavy (non-hydrogen) atoms. The largest absolute Gasteiger partial charge is 0.495 e. The first kappa shape index (κ1) is 34.6. The van der Waals surface area contributed by atoms with Crippen molar-refractivity contribution in [1.29, 1.82) is 0 Å². The number of rotatable bonds is 14. The Morgan fingerprint density at radius 2 is 1.48 bits per heavy atom. The fourth-order valence-corrected chi connectivity index (χ4v) is 4.82. The van der Waals surface area contributed by atoms with Crippen LogP contribution in [-0.2, 0) is 20.4 Å². The summed E-state index contributed by atoms with van der Waals surface area (Å²) in [6.45, 7) is 15.0. The predicted molar refractivity (Wildman–Crippen MR) is 178 cm³/mol. The topological polar surface area (TPSA) is 93.7 Å². The average molecular weight is 621 g/mol. The van der Waals surface area contributed by atoms with Crippen molar-refractivity contribution in [2.75, 3.05) is 17.7 Å². The zero-order valence-corrected chi connectivity index (χ0v) is 27.8. The number of Topliss-reactive ketones (excluding diaryl/α,β-unsaturated/α-hetero) is 1. The van der Waals surface area contributed by atoms with Gasteiger partial charge in [-0.3, -0.25) is 14.4 Å². The van der Waals surface area contributed by atoms with Gasteiger partial charge in [0.15, 0.2) is 17.3 Å².